The number of hydrogen-bond donors (Lipinski definition) is 0. The second-order valence-corrected chi connectivity index (χ2v) is 8.56. The fourth-order valence-electron chi connectivity index (χ4n) is 3.93. The molecule has 0 radical (unpaired) electrons. The summed E-state index contributed by atoms with van der Waals surface area (Å²) in [7, 11) is 1.50. The lowest BCUT2D eigenvalue weighted by Crippen LogP contribution is -2.40. The van der Waals surface area contributed by atoms with Crippen molar-refractivity contribution in [2.45, 2.75) is 25.2 Å². The Labute approximate surface area is 189 Å². The number of aromatic nitrogens is 4. The lowest BCUT2D eigenvalue weighted by Gasteiger charge is -2.19. The van der Waals surface area contributed by atoms with Gasteiger partial charge in [0.25, 0.3) is 5.56 Å². The molecule has 1 aliphatic carbocycles. The first kappa shape index (κ1) is 21.7. The fourth-order valence-corrected chi connectivity index (χ4v) is 4.46. The normalized spacial score (nSPS) is 15.5. The van der Waals surface area contributed by atoms with E-state index in [9.17, 15) is 14.9 Å². The second-order valence-electron chi connectivity index (χ2n) is 7.71. The first-order valence-electron chi connectivity index (χ1n) is 10.2. The minimum Gasteiger partial charge on any atom is -0.268 e. The highest BCUT2D eigenvalue weighted by atomic mass is 32.2. The fraction of sp³-hybridized carbons (Fsp3) is 0.250. The monoisotopic (exact) mass is 445 g/mol. The molecule has 0 amide bonds. The smallest absolute Gasteiger partial charge is 0.268 e. The number of allylic oxidation sites excluding steroid dienone is 4. The van der Waals surface area contributed by atoms with Crippen LogP contribution in [0.3, 0.4) is 0 Å². The molecule has 0 bridgehead atoms. The third-order valence-electron chi connectivity index (χ3n) is 5.64. The molecule has 162 valence electrons. The van der Waals surface area contributed by atoms with Gasteiger partial charge in [-0.15, -0.1) is 11.8 Å². The Bertz CT molecular complexity index is 1430. The van der Waals surface area contributed by atoms with Crippen LogP contribution < -0.4 is 11.2 Å². The Hall–Kier alpha value is -3.57. The van der Waals surface area contributed by atoms with E-state index < -0.39 is 5.69 Å². The molecule has 3 aromatic rings. The first-order valence-corrected chi connectivity index (χ1v) is 11.4. The molecule has 7 nitrogen and oxygen atoms in total. The van der Waals surface area contributed by atoms with Crippen molar-refractivity contribution in [2.75, 3.05) is 6.26 Å². The van der Waals surface area contributed by atoms with Crippen molar-refractivity contribution in [1.82, 2.24) is 18.9 Å². The summed E-state index contributed by atoms with van der Waals surface area (Å²) in [6.45, 7) is 3.75. The lowest BCUT2D eigenvalue weighted by atomic mass is 10.0. The minimum atomic E-state index is -0.396. The third kappa shape index (κ3) is 3.55. The number of benzene rings is 1. The van der Waals surface area contributed by atoms with Crippen LogP contribution in [0.4, 0.5) is 0 Å². The quantitative estimate of drug-likeness (QED) is 0.572. The predicted molar refractivity (Wildman–Crippen MR) is 127 cm³/mol. The van der Waals surface area contributed by atoms with Crippen LogP contribution in [0.25, 0.3) is 22.6 Å². The SMILES string of the molecule is CSc1cnn(C2=CCC(C#N)C=C2)c1-c1c(C)n(-c2cccc(C)c2)c(=O)n(C)c1=O. The van der Waals surface area contributed by atoms with Crippen LogP contribution in [0.2, 0.25) is 0 Å². The van der Waals surface area contributed by atoms with Crippen LogP contribution in [0.5, 0.6) is 0 Å². The number of thioether (sulfide) groups is 1. The molecule has 1 unspecified atom stereocenters. The molecule has 4 rings (SSSR count). The Kier molecular flexibility index (Phi) is 5.76. The van der Waals surface area contributed by atoms with Crippen LogP contribution >= 0.6 is 11.8 Å². The van der Waals surface area contributed by atoms with E-state index >= 15 is 0 Å². The number of rotatable bonds is 4. The summed E-state index contributed by atoms with van der Waals surface area (Å²) in [4.78, 5) is 27.3. The molecule has 1 aliphatic rings. The van der Waals surface area contributed by atoms with Gasteiger partial charge in [0.2, 0.25) is 0 Å². The van der Waals surface area contributed by atoms with E-state index in [-0.39, 0.29) is 11.5 Å². The molecule has 2 aromatic heterocycles. The summed E-state index contributed by atoms with van der Waals surface area (Å²) in [5.41, 5.74) is 3.36. The Morgan fingerprint density at radius 3 is 2.66 bits per heavy atom. The lowest BCUT2D eigenvalue weighted by molar-refractivity contribution is 0.713. The maximum absolute atomic E-state index is 13.4. The zero-order valence-electron chi connectivity index (χ0n) is 18.4. The van der Waals surface area contributed by atoms with Gasteiger partial charge in [-0.1, -0.05) is 24.3 Å². The van der Waals surface area contributed by atoms with Crippen LogP contribution in [0, 0.1) is 31.1 Å². The van der Waals surface area contributed by atoms with Crippen molar-refractivity contribution >= 4 is 17.5 Å². The molecular formula is C24H23N5O2S. The molecule has 1 atom stereocenters. The van der Waals surface area contributed by atoms with Gasteiger partial charge in [0.1, 0.15) is 0 Å². The summed E-state index contributed by atoms with van der Waals surface area (Å²) >= 11 is 1.49. The van der Waals surface area contributed by atoms with Crippen molar-refractivity contribution in [2.24, 2.45) is 13.0 Å². The van der Waals surface area contributed by atoms with Gasteiger partial charge in [0.15, 0.2) is 0 Å². The van der Waals surface area contributed by atoms with E-state index in [1.54, 1.807) is 22.4 Å². The van der Waals surface area contributed by atoms with E-state index in [0.717, 1.165) is 20.7 Å². The maximum atomic E-state index is 13.4. The Morgan fingerprint density at radius 2 is 2.03 bits per heavy atom. The van der Waals surface area contributed by atoms with Crippen molar-refractivity contribution in [3.05, 3.63) is 80.8 Å². The van der Waals surface area contributed by atoms with Crippen molar-refractivity contribution in [3.63, 3.8) is 0 Å². The van der Waals surface area contributed by atoms with Gasteiger partial charge in [-0.3, -0.25) is 13.9 Å². The third-order valence-corrected chi connectivity index (χ3v) is 6.38. The number of hydrogen-bond acceptors (Lipinski definition) is 5. The van der Waals surface area contributed by atoms with E-state index in [4.69, 9.17) is 0 Å². The van der Waals surface area contributed by atoms with E-state index in [2.05, 4.69) is 11.2 Å². The van der Waals surface area contributed by atoms with Gasteiger partial charge in [-0.2, -0.15) is 10.4 Å². The minimum absolute atomic E-state index is 0.171. The van der Waals surface area contributed by atoms with Gasteiger partial charge in [0.05, 0.1) is 45.7 Å². The predicted octanol–water partition coefficient (Wildman–Crippen LogP) is 3.68. The van der Waals surface area contributed by atoms with Crippen molar-refractivity contribution < 1.29 is 0 Å². The van der Waals surface area contributed by atoms with Crippen LogP contribution in [0.1, 0.15) is 17.7 Å². The molecular weight excluding hydrogens is 422 g/mol. The summed E-state index contributed by atoms with van der Waals surface area (Å²) < 4.78 is 4.44. The van der Waals surface area contributed by atoms with E-state index in [1.807, 2.05) is 55.7 Å². The van der Waals surface area contributed by atoms with Gasteiger partial charge in [-0.05, 0) is 50.3 Å². The molecule has 0 spiro atoms. The van der Waals surface area contributed by atoms with E-state index in [0.29, 0.717) is 29.1 Å². The second kappa shape index (κ2) is 8.52. The topological polar surface area (TPSA) is 85.6 Å². The van der Waals surface area contributed by atoms with Crippen LogP contribution in [-0.2, 0) is 7.05 Å². The van der Waals surface area contributed by atoms with Gasteiger partial charge in [-0.25, -0.2) is 9.48 Å². The van der Waals surface area contributed by atoms with Gasteiger partial charge in [0, 0.05) is 12.7 Å². The number of aryl methyl sites for hydroxylation is 1. The largest absolute Gasteiger partial charge is 0.335 e. The van der Waals surface area contributed by atoms with Gasteiger partial charge < -0.3 is 0 Å². The first-order chi connectivity index (χ1) is 15.4. The summed E-state index contributed by atoms with van der Waals surface area (Å²) in [6, 6.07) is 9.88. The molecule has 0 N–H and O–H groups in total. The summed E-state index contributed by atoms with van der Waals surface area (Å²) in [5.74, 6) is -0.171. The molecule has 0 aliphatic heterocycles. The summed E-state index contributed by atoms with van der Waals surface area (Å²) in [6.07, 6.45) is 9.89. The maximum Gasteiger partial charge on any atom is 0.335 e. The number of nitrogens with zero attached hydrogens (tertiary/aromatic N) is 5. The van der Waals surface area contributed by atoms with Crippen LogP contribution in [-0.4, -0.2) is 25.2 Å². The van der Waals surface area contributed by atoms with Gasteiger partial charge >= 0.3 is 5.69 Å². The average Bonchev–Trinajstić information content (AvgIpc) is 3.21. The average molecular weight is 446 g/mol. The van der Waals surface area contributed by atoms with Crippen molar-refractivity contribution in [1.29, 1.82) is 5.26 Å². The Balaban J connectivity index is 2.02. The van der Waals surface area contributed by atoms with E-state index in [1.165, 1.54) is 18.8 Å². The van der Waals surface area contributed by atoms with Crippen molar-refractivity contribution in [3.8, 4) is 23.0 Å². The molecule has 1 aromatic carbocycles. The highest BCUT2D eigenvalue weighted by Crippen LogP contribution is 2.33. The molecule has 2 heterocycles. The number of nitriles is 1. The standard InChI is InChI=1S/C24H23N5O2S/c1-15-6-5-7-19(12-15)28-16(2)21(23(30)27(3)24(28)31)22-20(32-4)14-26-29(22)18-10-8-17(13-25)9-11-18/h5-8,10-12,14,17H,9H2,1-4H3. The molecule has 8 heteroatoms. The molecule has 0 saturated carbocycles. The highest BCUT2D eigenvalue weighted by molar-refractivity contribution is 7.98. The molecule has 0 fully saturated rings. The van der Waals surface area contributed by atoms with Crippen LogP contribution in [0.15, 0.2) is 63.2 Å². The Morgan fingerprint density at radius 1 is 1.25 bits per heavy atom. The zero-order valence-corrected chi connectivity index (χ0v) is 19.2. The molecule has 32 heavy (non-hydrogen) atoms. The molecule has 0 saturated heterocycles. The highest BCUT2D eigenvalue weighted by Gasteiger charge is 2.24. The zero-order chi connectivity index (χ0) is 23.0. The summed E-state index contributed by atoms with van der Waals surface area (Å²) in [5, 5.41) is 13.7.